The molecule has 0 spiro atoms. The van der Waals surface area contributed by atoms with Gasteiger partial charge in [0, 0.05) is 19.0 Å². The molecule has 2 unspecified atom stereocenters. The van der Waals surface area contributed by atoms with Crippen molar-refractivity contribution in [2.75, 3.05) is 13.1 Å². The third-order valence-corrected chi connectivity index (χ3v) is 4.74. The first kappa shape index (κ1) is 20.4. The summed E-state index contributed by atoms with van der Waals surface area (Å²) in [5.74, 6) is -0.531. The summed E-state index contributed by atoms with van der Waals surface area (Å²) in [4.78, 5) is 13.4. The molecule has 6 nitrogen and oxygen atoms in total. The van der Waals surface area contributed by atoms with Gasteiger partial charge >= 0.3 is 35.7 Å². The molecule has 1 saturated heterocycles. The Kier molecular flexibility index (Phi) is 6.69. The number of rotatable bonds is 2. The Balaban J connectivity index is 0.00000264. The van der Waals surface area contributed by atoms with Crippen molar-refractivity contribution < 1.29 is 52.1 Å². The Hall–Kier alpha value is -0.600. The van der Waals surface area contributed by atoms with Crippen molar-refractivity contribution >= 4 is 16.2 Å². The maximum Gasteiger partial charge on any atom is 1.00 e. The van der Waals surface area contributed by atoms with Gasteiger partial charge in [0.15, 0.2) is 0 Å². The second-order valence-corrected chi connectivity index (χ2v) is 8.02. The van der Waals surface area contributed by atoms with Crippen molar-refractivity contribution in [1.82, 2.24) is 4.90 Å². The van der Waals surface area contributed by atoms with E-state index in [4.69, 9.17) is 4.74 Å². The van der Waals surface area contributed by atoms with Gasteiger partial charge in [0.1, 0.15) is 5.60 Å². The summed E-state index contributed by atoms with van der Waals surface area (Å²) in [6, 6.07) is 8.90. The first-order valence-electron chi connectivity index (χ1n) is 7.05. The molecule has 1 aromatic carbocycles. The topological polar surface area (TPSA) is 86.7 Å². The maximum atomic E-state index is 12.1. The molecule has 8 heteroatoms. The molecule has 1 heterocycles. The Morgan fingerprint density at radius 2 is 1.78 bits per heavy atom. The molecule has 122 valence electrons. The van der Waals surface area contributed by atoms with Crippen LogP contribution in [0.5, 0.6) is 0 Å². The smallest absolute Gasteiger partial charge is 0.748 e. The average molecular weight is 349 g/mol. The normalized spacial score (nSPS) is 21.7. The third kappa shape index (κ3) is 5.46. The van der Waals surface area contributed by atoms with Crippen LogP contribution in [0.3, 0.4) is 0 Å². The van der Waals surface area contributed by atoms with Gasteiger partial charge < -0.3 is 14.2 Å². The van der Waals surface area contributed by atoms with Crippen LogP contribution in [0.15, 0.2) is 30.3 Å². The Labute approximate surface area is 159 Å². The number of hydrogen-bond donors (Lipinski definition) is 0. The summed E-state index contributed by atoms with van der Waals surface area (Å²) < 4.78 is 39.9. The Morgan fingerprint density at radius 3 is 2.26 bits per heavy atom. The fraction of sp³-hybridized carbons (Fsp3) is 0.533. The summed E-state index contributed by atoms with van der Waals surface area (Å²) in [5.41, 5.74) is 0.0614. The number of ether oxygens (including phenoxy) is 1. The van der Waals surface area contributed by atoms with E-state index in [0.717, 1.165) is 5.56 Å². The number of hydrogen-bond acceptors (Lipinski definition) is 5. The summed E-state index contributed by atoms with van der Waals surface area (Å²) in [7, 11) is -4.51. The van der Waals surface area contributed by atoms with Crippen molar-refractivity contribution in [3.63, 3.8) is 0 Å². The quantitative estimate of drug-likeness (QED) is 0.502. The van der Waals surface area contributed by atoms with Crippen LogP contribution < -0.4 is 29.6 Å². The number of amides is 1. The molecular formula is C15H20NNaO5S. The minimum absolute atomic E-state index is 0. The number of carbonyl (C=O) groups excluding carboxylic acids is 1. The van der Waals surface area contributed by atoms with Crippen LogP contribution in [-0.4, -0.2) is 47.9 Å². The molecule has 1 fully saturated rings. The van der Waals surface area contributed by atoms with E-state index in [-0.39, 0.29) is 42.6 Å². The van der Waals surface area contributed by atoms with E-state index < -0.39 is 33.0 Å². The van der Waals surface area contributed by atoms with Crippen molar-refractivity contribution in [3.8, 4) is 0 Å². The third-order valence-electron chi connectivity index (χ3n) is 3.52. The van der Waals surface area contributed by atoms with E-state index in [1.807, 2.05) is 6.07 Å². The van der Waals surface area contributed by atoms with Crippen LogP contribution in [0, 0.1) is 0 Å². The summed E-state index contributed by atoms with van der Waals surface area (Å²) >= 11 is 0. The predicted molar refractivity (Wildman–Crippen MR) is 80.5 cm³/mol. The molecule has 0 saturated carbocycles. The molecule has 0 N–H and O–H groups in total. The van der Waals surface area contributed by atoms with E-state index in [2.05, 4.69) is 0 Å². The zero-order valence-corrected chi connectivity index (χ0v) is 16.7. The maximum absolute atomic E-state index is 12.1. The van der Waals surface area contributed by atoms with Crippen LogP contribution >= 0.6 is 0 Å². The van der Waals surface area contributed by atoms with Crippen molar-refractivity contribution in [1.29, 1.82) is 0 Å². The molecule has 0 aromatic heterocycles. The van der Waals surface area contributed by atoms with E-state index in [1.54, 1.807) is 45.0 Å². The van der Waals surface area contributed by atoms with Crippen molar-refractivity contribution in [3.05, 3.63) is 35.9 Å². The van der Waals surface area contributed by atoms with Gasteiger partial charge in [-0.25, -0.2) is 13.2 Å². The van der Waals surface area contributed by atoms with E-state index in [1.165, 1.54) is 4.90 Å². The van der Waals surface area contributed by atoms with Gasteiger partial charge in [0.2, 0.25) is 0 Å². The van der Waals surface area contributed by atoms with Crippen LogP contribution in [0.25, 0.3) is 0 Å². The molecule has 1 amide bonds. The minimum Gasteiger partial charge on any atom is -0.748 e. The molecule has 23 heavy (non-hydrogen) atoms. The van der Waals surface area contributed by atoms with Gasteiger partial charge in [-0.05, 0) is 26.3 Å². The zero-order chi connectivity index (χ0) is 16.5. The summed E-state index contributed by atoms with van der Waals surface area (Å²) in [5, 5.41) is -1.15. The van der Waals surface area contributed by atoms with E-state index in [0.29, 0.717) is 0 Å². The van der Waals surface area contributed by atoms with Crippen LogP contribution in [0.4, 0.5) is 4.79 Å². The minimum atomic E-state index is -4.51. The van der Waals surface area contributed by atoms with Crippen LogP contribution in [-0.2, 0) is 14.9 Å². The monoisotopic (exact) mass is 349 g/mol. The Morgan fingerprint density at radius 1 is 1.22 bits per heavy atom. The van der Waals surface area contributed by atoms with Gasteiger partial charge in [0.25, 0.3) is 0 Å². The molecule has 0 radical (unpaired) electrons. The summed E-state index contributed by atoms with van der Waals surface area (Å²) in [6.07, 6.45) is -0.598. The van der Waals surface area contributed by atoms with Crippen LogP contribution in [0.1, 0.15) is 32.3 Å². The molecule has 2 rings (SSSR count). The largest absolute Gasteiger partial charge is 1.00 e. The molecule has 1 aromatic rings. The van der Waals surface area contributed by atoms with Gasteiger partial charge in [-0.2, -0.15) is 0 Å². The molecule has 1 aliphatic rings. The number of carbonyl (C=O) groups is 1. The van der Waals surface area contributed by atoms with Gasteiger partial charge in [-0.15, -0.1) is 0 Å². The van der Waals surface area contributed by atoms with E-state index >= 15 is 0 Å². The molecular weight excluding hydrogens is 329 g/mol. The first-order valence-corrected chi connectivity index (χ1v) is 8.52. The van der Waals surface area contributed by atoms with Crippen LogP contribution in [0.2, 0.25) is 0 Å². The number of nitrogens with zero attached hydrogens (tertiary/aromatic N) is 1. The van der Waals surface area contributed by atoms with Gasteiger partial charge in [0.05, 0.1) is 15.4 Å². The van der Waals surface area contributed by atoms with Gasteiger partial charge in [-0.3, -0.25) is 0 Å². The fourth-order valence-corrected chi connectivity index (χ4v) is 3.57. The average Bonchev–Trinajstić information content (AvgIpc) is 2.82. The van der Waals surface area contributed by atoms with E-state index in [9.17, 15) is 17.8 Å². The SMILES string of the molecule is CC(C)(C)OC(=O)N1CC(c2ccccc2)C(S(=O)(=O)[O-])C1.[Na+]. The first-order chi connectivity index (χ1) is 10.1. The summed E-state index contributed by atoms with van der Waals surface area (Å²) in [6.45, 7) is 5.22. The predicted octanol–water partition coefficient (Wildman–Crippen LogP) is -1.06. The second kappa shape index (κ2) is 7.53. The standard InChI is InChI=1S/C15H21NO5S.Na/c1-15(2,3)21-14(17)16-9-12(11-7-5-4-6-8-11)13(10-16)22(18,19)20;/h4-8,12-13H,9-10H2,1-3H3,(H,18,19,20);/q;+1/p-1. The molecule has 2 atom stereocenters. The van der Waals surface area contributed by atoms with Crippen molar-refractivity contribution in [2.24, 2.45) is 0 Å². The molecule has 1 aliphatic heterocycles. The Bertz CT molecular complexity index is 642. The van der Waals surface area contributed by atoms with Crippen molar-refractivity contribution in [2.45, 2.75) is 37.5 Å². The number of likely N-dealkylation sites (tertiary alicyclic amines) is 1. The van der Waals surface area contributed by atoms with Gasteiger partial charge in [-0.1, -0.05) is 30.3 Å². The molecule has 0 bridgehead atoms. The molecule has 0 aliphatic carbocycles. The number of benzene rings is 1. The second-order valence-electron chi connectivity index (χ2n) is 6.43. The fourth-order valence-electron chi connectivity index (χ4n) is 2.56. The zero-order valence-electron chi connectivity index (χ0n) is 13.9.